The summed E-state index contributed by atoms with van der Waals surface area (Å²) in [7, 11) is 0. The Labute approximate surface area is 120 Å². The first-order valence-corrected chi connectivity index (χ1v) is 6.56. The van der Waals surface area contributed by atoms with E-state index in [-0.39, 0.29) is 22.3 Å². The third-order valence-corrected chi connectivity index (χ3v) is 3.40. The van der Waals surface area contributed by atoms with Gasteiger partial charge in [0.05, 0.1) is 6.26 Å². The second-order valence-electron chi connectivity index (χ2n) is 5.09. The minimum atomic E-state index is -0.234. The van der Waals surface area contributed by atoms with Crippen LogP contribution in [-0.4, -0.2) is 10.2 Å². The highest BCUT2D eigenvalue weighted by molar-refractivity contribution is 5.84. The first kappa shape index (κ1) is 13.2. The van der Waals surface area contributed by atoms with E-state index < -0.39 is 0 Å². The molecular formula is C17H14O4. The van der Waals surface area contributed by atoms with E-state index in [4.69, 9.17) is 4.42 Å². The van der Waals surface area contributed by atoms with E-state index in [0.717, 1.165) is 11.1 Å². The van der Waals surface area contributed by atoms with E-state index in [2.05, 4.69) is 0 Å². The molecule has 0 aliphatic rings. The second kappa shape index (κ2) is 4.98. The maximum Gasteiger partial charge on any atom is 0.199 e. The molecule has 0 radical (unpaired) electrons. The molecule has 0 aliphatic heterocycles. The third-order valence-electron chi connectivity index (χ3n) is 3.40. The first-order chi connectivity index (χ1) is 10.0. The van der Waals surface area contributed by atoms with Gasteiger partial charge < -0.3 is 14.6 Å². The predicted molar refractivity (Wildman–Crippen MR) is 79.8 cm³/mol. The van der Waals surface area contributed by atoms with Crippen LogP contribution >= 0.6 is 0 Å². The fourth-order valence-electron chi connectivity index (χ4n) is 2.36. The summed E-state index contributed by atoms with van der Waals surface area (Å²) in [6.45, 7) is 1.82. The Bertz CT molecular complexity index is 860. The molecule has 0 fully saturated rings. The normalized spacial score (nSPS) is 10.9. The summed E-state index contributed by atoms with van der Waals surface area (Å²) in [6, 6.07) is 9.89. The zero-order chi connectivity index (χ0) is 15.0. The Morgan fingerprint density at radius 1 is 1.10 bits per heavy atom. The number of aryl methyl sites for hydroxylation is 1. The van der Waals surface area contributed by atoms with Gasteiger partial charge in [0, 0.05) is 12.0 Å². The van der Waals surface area contributed by atoms with Gasteiger partial charge in [-0.05, 0) is 42.3 Å². The molecule has 0 saturated heterocycles. The molecule has 0 atom stereocenters. The molecule has 1 aromatic heterocycles. The van der Waals surface area contributed by atoms with Crippen LogP contribution in [0.5, 0.6) is 11.5 Å². The molecule has 21 heavy (non-hydrogen) atoms. The fourth-order valence-corrected chi connectivity index (χ4v) is 2.36. The SMILES string of the molecule is Cc1cc(O)c2c(=O)c(Cc3ccc(O)cc3)coc2c1. The van der Waals surface area contributed by atoms with E-state index in [1.165, 1.54) is 6.26 Å². The lowest BCUT2D eigenvalue weighted by molar-refractivity contribution is 0.475. The summed E-state index contributed by atoms with van der Waals surface area (Å²) in [5, 5.41) is 19.4. The fraction of sp³-hybridized carbons (Fsp3) is 0.118. The van der Waals surface area contributed by atoms with Gasteiger partial charge in [-0.1, -0.05) is 12.1 Å². The Balaban J connectivity index is 2.10. The van der Waals surface area contributed by atoms with Crippen LogP contribution in [0.15, 0.2) is 51.9 Å². The van der Waals surface area contributed by atoms with Crippen molar-refractivity contribution in [1.82, 2.24) is 0 Å². The molecule has 3 aromatic rings. The van der Waals surface area contributed by atoms with Crippen molar-refractivity contribution < 1.29 is 14.6 Å². The van der Waals surface area contributed by atoms with E-state index in [9.17, 15) is 15.0 Å². The molecule has 1 heterocycles. The molecule has 0 unspecified atom stereocenters. The Morgan fingerprint density at radius 3 is 2.52 bits per heavy atom. The minimum Gasteiger partial charge on any atom is -0.508 e. The van der Waals surface area contributed by atoms with E-state index in [1.807, 2.05) is 6.92 Å². The average molecular weight is 282 g/mol. The first-order valence-electron chi connectivity index (χ1n) is 6.56. The van der Waals surface area contributed by atoms with Gasteiger partial charge in [0.2, 0.25) is 0 Å². The Hall–Kier alpha value is -2.75. The van der Waals surface area contributed by atoms with Gasteiger partial charge in [-0.25, -0.2) is 0 Å². The van der Waals surface area contributed by atoms with Gasteiger partial charge in [0.1, 0.15) is 22.5 Å². The topological polar surface area (TPSA) is 70.7 Å². The summed E-state index contributed by atoms with van der Waals surface area (Å²) >= 11 is 0. The van der Waals surface area contributed by atoms with Crippen LogP contribution < -0.4 is 5.43 Å². The minimum absolute atomic E-state index is 0.0636. The van der Waals surface area contributed by atoms with Crippen LogP contribution in [0.3, 0.4) is 0 Å². The molecule has 0 bridgehead atoms. The maximum atomic E-state index is 12.5. The molecule has 2 N–H and O–H groups in total. The monoisotopic (exact) mass is 282 g/mol. The van der Waals surface area contributed by atoms with Crippen molar-refractivity contribution >= 4 is 11.0 Å². The molecule has 2 aromatic carbocycles. The van der Waals surface area contributed by atoms with E-state index in [0.29, 0.717) is 17.6 Å². The lowest BCUT2D eigenvalue weighted by Crippen LogP contribution is -2.09. The average Bonchev–Trinajstić information content (AvgIpc) is 2.43. The number of benzene rings is 2. The van der Waals surface area contributed by atoms with Gasteiger partial charge in [0.15, 0.2) is 5.43 Å². The lowest BCUT2D eigenvalue weighted by atomic mass is 10.0. The zero-order valence-corrected chi connectivity index (χ0v) is 11.5. The Morgan fingerprint density at radius 2 is 1.81 bits per heavy atom. The van der Waals surface area contributed by atoms with E-state index in [1.54, 1.807) is 36.4 Å². The van der Waals surface area contributed by atoms with Crippen molar-refractivity contribution in [3.05, 3.63) is 69.6 Å². The number of phenolic OH excluding ortho intramolecular Hbond substituents is 2. The smallest absolute Gasteiger partial charge is 0.199 e. The number of hydrogen-bond acceptors (Lipinski definition) is 4. The number of fused-ring (bicyclic) bond motifs is 1. The van der Waals surface area contributed by atoms with Crippen LogP contribution in [0.1, 0.15) is 16.7 Å². The quantitative estimate of drug-likeness (QED) is 0.757. The van der Waals surface area contributed by atoms with Crippen LogP contribution in [0, 0.1) is 6.92 Å². The number of phenols is 2. The van der Waals surface area contributed by atoms with Gasteiger partial charge in [-0.3, -0.25) is 4.79 Å². The molecule has 0 aliphatic carbocycles. The van der Waals surface area contributed by atoms with Crippen LogP contribution in [0.25, 0.3) is 11.0 Å². The van der Waals surface area contributed by atoms with Crippen LogP contribution in [0.2, 0.25) is 0 Å². The van der Waals surface area contributed by atoms with Crippen molar-refractivity contribution in [2.75, 3.05) is 0 Å². The van der Waals surface area contributed by atoms with Crippen molar-refractivity contribution in [2.45, 2.75) is 13.3 Å². The highest BCUT2D eigenvalue weighted by Gasteiger charge is 2.12. The largest absolute Gasteiger partial charge is 0.508 e. The summed E-state index contributed by atoms with van der Waals surface area (Å²) < 4.78 is 5.47. The van der Waals surface area contributed by atoms with Gasteiger partial charge in [-0.2, -0.15) is 0 Å². The van der Waals surface area contributed by atoms with Crippen LogP contribution in [-0.2, 0) is 6.42 Å². The Kier molecular flexibility index (Phi) is 3.14. The van der Waals surface area contributed by atoms with Gasteiger partial charge in [-0.15, -0.1) is 0 Å². The van der Waals surface area contributed by atoms with Crippen molar-refractivity contribution in [3.63, 3.8) is 0 Å². The third kappa shape index (κ3) is 2.48. The van der Waals surface area contributed by atoms with Crippen molar-refractivity contribution in [3.8, 4) is 11.5 Å². The summed E-state index contributed by atoms with van der Waals surface area (Å²) in [5.74, 6) is 0.115. The van der Waals surface area contributed by atoms with Crippen LogP contribution in [0.4, 0.5) is 0 Å². The van der Waals surface area contributed by atoms with E-state index >= 15 is 0 Å². The zero-order valence-electron chi connectivity index (χ0n) is 11.5. The summed E-state index contributed by atoms with van der Waals surface area (Å²) in [6.07, 6.45) is 1.81. The second-order valence-corrected chi connectivity index (χ2v) is 5.09. The number of rotatable bonds is 2. The standard InChI is InChI=1S/C17H14O4/c1-10-6-14(19)16-15(7-10)21-9-12(17(16)20)8-11-2-4-13(18)5-3-11/h2-7,9,18-19H,8H2,1H3. The lowest BCUT2D eigenvalue weighted by Gasteiger charge is -2.05. The molecule has 4 heteroatoms. The summed E-state index contributed by atoms with van der Waals surface area (Å²) in [5.41, 5.74) is 2.32. The number of hydrogen-bond donors (Lipinski definition) is 2. The van der Waals surface area contributed by atoms with Crippen molar-refractivity contribution in [2.24, 2.45) is 0 Å². The van der Waals surface area contributed by atoms with Gasteiger partial charge in [0.25, 0.3) is 0 Å². The molecule has 0 saturated carbocycles. The highest BCUT2D eigenvalue weighted by atomic mass is 16.3. The molecule has 106 valence electrons. The predicted octanol–water partition coefficient (Wildman–Crippen LogP) is 3.10. The summed E-state index contributed by atoms with van der Waals surface area (Å²) in [4.78, 5) is 12.5. The maximum absolute atomic E-state index is 12.5. The molecule has 4 nitrogen and oxygen atoms in total. The molecule has 3 rings (SSSR count). The van der Waals surface area contributed by atoms with Gasteiger partial charge >= 0.3 is 0 Å². The highest BCUT2D eigenvalue weighted by Crippen LogP contribution is 2.24. The molecule has 0 spiro atoms. The molecule has 0 amide bonds. The number of aromatic hydroxyl groups is 2. The van der Waals surface area contributed by atoms with Crippen molar-refractivity contribution in [1.29, 1.82) is 0 Å². The molecular weight excluding hydrogens is 268 g/mol.